The summed E-state index contributed by atoms with van der Waals surface area (Å²) >= 11 is 0. The van der Waals surface area contributed by atoms with Crippen molar-refractivity contribution in [1.82, 2.24) is 0 Å². The zero-order valence-corrected chi connectivity index (χ0v) is 11.9. The van der Waals surface area contributed by atoms with E-state index in [-0.39, 0.29) is 11.9 Å². The highest BCUT2D eigenvalue weighted by Crippen LogP contribution is 2.13. The highest BCUT2D eigenvalue weighted by molar-refractivity contribution is 5.96. The molecule has 0 aliphatic heterocycles. The normalized spacial score (nSPS) is 11.7. The molecular weight excluding hydrogens is 248 g/mol. The number of hydrogen-bond acceptors (Lipinski definition) is 2. The number of benzene rings is 2. The lowest BCUT2D eigenvalue weighted by molar-refractivity contribution is -0.116. The molecule has 0 saturated heterocycles. The summed E-state index contributed by atoms with van der Waals surface area (Å²) < 4.78 is 0. The molecule has 0 spiro atoms. The van der Waals surface area contributed by atoms with Gasteiger partial charge in [0.2, 0.25) is 5.91 Å². The van der Waals surface area contributed by atoms with Gasteiger partial charge in [0, 0.05) is 11.4 Å². The van der Waals surface area contributed by atoms with Crippen LogP contribution in [0.4, 0.5) is 11.4 Å². The predicted octanol–water partition coefficient (Wildman–Crippen LogP) is 3.69. The van der Waals surface area contributed by atoms with E-state index in [1.165, 1.54) is 5.56 Å². The van der Waals surface area contributed by atoms with E-state index in [1.54, 1.807) is 0 Å². The highest BCUT2D eigenvalue weighted by atomic mass is 16.2. The van der Waals surface area contributed by atoms with Crippen molar-refractivity contribution in [1.29, 1.82) is 0 Å². The first-order valence-corrected chi connectivity index (χ1v) is 6.90. The van der Waals surface area contributed by atoms with Crippen molar-refractivity contribution in [2.24, 2.45) is 0 Å². The lowest BCUT2D eigenvalue weighted by atomic mass is 10.1. The summed E-state index contributed by atoms with van der Waals surface area (Å²) in [6.45, 7) is 3.97. The Morgan fingerprint density at radius 3 is 2.45 bits per heavy atom. The molecule has 20 heavy (non-hydrogen) atoms. The Labute approximate surface area is 120 Å². The molecule has 3 heteroatoms. The summed E-state index contributed by atoms with van der Waals surface area (Å²) in [4.78, 5) is 12.1. The number of amides is 1. The standard InChI is InChI=1S/C17H20N2O/c1-3-14-8-7-11-16(12-14)18-13(2)17(20)19-15-9-5-4-6-10-15/h4-13,18H,3H2,1-2H3,(H,19,20)/t13-/m0/s1. The van der Waals surface area contributed by atoms with E-state index < -0.39 is 0 Å². The van der Waals surface area contributed by atoms with Crippen LogP contribution >= 0.6 is 0 Å². The molecule has 1 atom stereocenters. The fraction of sp³-hybridized carbons (Fsp3) is 0.235. The summed E-state index contributed by atoms with van der Waals surface area (Å²) in [5.74, 6) is -0.0434. The van der Waals surface area contributed by atoms with Gasteiger partial charge in [-0.05, 0) is 43.2 Å². The maximum absolute atomic E-state index is 12.1. The van der Waals surface area contributed by atoms with Gasteiger partial charge in [0.25, 0.3) is 0 Å². The van der Waals surface area contributed by atoms with Crippen LogP contribution in [-0.2, 0) is 11.2 Å². The second-order valence-corrected chi connectivity index (χ2v) is 4.78. The first-order valence-electron chi connectivity index (χ1n) is 6.90. The minimum atomic E-state index is -0.290. The largest absolute Gasteiger partial charge is 0.374 e. The molecule has 3 nitrogen and oxygen atoms in total. The molecule has 2 N–H and O–H groups in total. The molecule has 1 amide bonds. The molecule has 0 bridgehead atoms. The second kappa shape index (κ2) is 6.75. The molecule has 0 unspecified atom stereocenters. The van der Waals surface area contributed by atoms with Gasteiger partial charge in [0.1, 0.15) is 6.04 Å². The van der Waals surface area contributed by atoms with Crippen molar-refractivity contribution in [3.05, 3.63) is 60.2 Å². The molecule has 2 aromatic carbocycles. The fourth-order valence-electron chi connectivity index (χ4n) is 1.97. The van der Waals surface area contributed by atoms with Gasteiger partial charge < -0.3 is 10.6 Å². The Balaban J connectivity index is 1.97. The number of para-hydroxylation sites is 1. The summed E-state index contributed by atoms with van der Waals surface area (Å²) in [6.07, 6.45) is 0.986. The van der Waals surface area contributed by atoms with Crippen LogP contribution in [0, 0.1) is 0 Å². The lowest BCUT2D eigenvalue weighted by Gasteiger charge is -2.15. The van der Waals surface area contributed by atoms with Crippen LogP contribution in [0.25, 0.3) is 0 Å². The molecule has 0 fully saturated rings. The maximum Gasteiger partial charge on any atom is 0.246 e. The Hall–Kier alpha value is -2.29. The molecular formula is C17H20N2O. The second-order valence-electron chi connectivity index (χ2n) is 4.78. The zero-order valence-electron chi connectivity index (χ0n) is 11.9. The van der Waals surface area contributed by atoms with Crippen molar-refractivity contribution in [3.8, 4) is 0 Å². The van der Waals surface area contributed by atoms with Gasteiger partial charge >= 0.3 is 0 Å². The van der Waals surface area contributed by atoms with Crippen molar-refractivity contribution in [3.63, 3.8) is 0 Å². The first kappa shape index (κ1) is 14.1. The third-order valence-corrected chi connectivity index (χ3v) is 3.15. The number of hydrogen-bond donors (Lipinski definition) is 2. The number of carbonyl (C=O) groups is 1. The van der Waals surface area contributed by atoms with Crippen molar-refractivity contribution in [2.45, 2.75) is 26.3 Å². The van der Waals surface area contributed by atoms with Gasteiger partial charge in [-0.15, -0.1) is 0 Å². The third-order valence-electron chi connectivity index (χ3n) is 3.15. The van der Waals surface area contributed by atoms with Gasteiger partial charge in [0.15, 0.2) is 0 Å². The van der Waals surface area contributed by atoms with E-state index in [0.717, 1.165) is 17.8 Å². The van der Waals surface area contributed by atoms with E-state index in [2.05, 4.69) is 29.7 Å². The average molecular weight is 268 g/mol. The van der Waals surface area contributed by atoms with Crippen LogP contribution in [0.3, 0.4) is 0 Å². The summed E-state index contributed by atoms with van der Waals surface area (Å²) in [7, 11) is 0. The van der Waals surface area contributed by atoms with E-state index in [9.17, 15) is 4.79 Å². The smallest absolute Gasteiger partial charge is 0.246 e. The molecule has 104 valence electrons. The first-order chi connectivity index (χ1) is 9.69. The average Bonchev–Trinajstić information content (AvgIpc) is 2.48. The van der Waals surface area contributed by atoms with Gasteiger partial charge in [0.05, 0.1) is 0 Å². The number of nitrogens with one attached hydrogen (secondary N) is 2. The van der Waals surface area contributed by atoms with Gasteiger partial charge in [-0.3, -0.25) is 4.79 Å². The highest BCUT2D eigenvalue weighted by Gasteiger charge is 2.12. The molecule has 0 saturated carbocycles. The van der Waals surface area contributed by atoms with Crippen LogP contribution in [0.2, 0.25) is 0 Å². The molecule has 0 aliphatic carbocycles. The van der Waals surface area contributed by atoms with Crippen LogP contribution < -0.4 is 10.6 Å². The number of anilines is 2. The number of aryl methyl sites for hydroxylation is 1. The molecule has 0 radical (unpaired) electrons. The Morgan fingerprint density at radius 1 is 1.05 bits per heavy atom. The molecule has 0 aliphatic rings. The Morgan fingerprint density at radius 2 is 1.75 bits per heavy atom. The van der Waals surface area contributed by atoms with Crippen LogP contribution in [0.15, 0.2) is 54.6 Å². The van der Waals surface area contributed by atoms with Crippen LogP contribution in [-0.4, -0.2) is 11.9 Å². The Kier molecular flexibility index (Phi) is 4.77. The van der Waals surface area contributed by atoms with E-state index >= 15 is 0 Å². The fourth-order valence-corrected chi connectivity index (χ4v) is 1.97. The SMILES string of the molecule is CCc1cccc(N[C@@H](C)C(=O)Nc2ccccc2)c1. The minimum absolute atomic E-state index is 0.0434. The molecule has 0 aromatic heterocycles. The van der Waals surface area contributed by atoms with Gasteiger partial charge in [-0.2, -0.15) is 0 Å². The molecule has 2 aromatic rings. The lowest BCUT2D eigenvalue weighted by Crippen LogP contribution is -2.31. The third kappa shape index (κ3) is 3.85. The summed E-state index contributed by atoms with van der Waals surface area (Å²) in [6, 6.07) is 17.3. The van der Waals surface area contributed by atoms with E-state index in [0.29, 0.717) is 0 Å². The minimum Gasteiger partial charge on any atom is -0.374 e. The monoisotopic (exact) mass is 268 g/mol. The summed E-state index contributed by atoms with van der Waals surface area (Å²) in [5.41, 5.74) is 3.04. The number of rotatable bonds is 5. The van der Waals surface area contributed by atoms with Gasteiger partial charge in [-0.25, -0.2) is 0 Å². The molecule has 2 rings (SSSR count). The Bertz CT molecular complexity index is 566. The summed E-state index contributed by atoms with van der Waals surface area (Å²) in [5, 5.41) is 6.11. The molecule has 0 heterocycles. The van der Waals surface area contributed by atoms with Crippen LogP contribution in [0.5, 0.6) is 0 Å². The maximum atomic E-state index is 12.1. The van der Waals surface area contributed by atoms with Crippen molar-refractivity contribution >= 4 is 17.3 Å². The zero-order chi connectivity index (χ0) is 14.4. The predicted molar refractivity (Wildman–Crippen MR) is 84.0 cm³/mol. The van der Waals surface area contributed by atoms with E-state index in [1.807, 2.05) is 49.4 Å². The van der Waals surface area contributed by atoms with Crippen molar-refractivity contribution in [2.75, 3.05) is 10.6 Å². The quantitative estimate of drug-likeness (QED) is 0.868. The van der Waals surface area contributed by atoms with Crippen molar-refractivity contribution < 1.29 is 4.79 Å². The number of carbonyl (C=O) groups excluding carboxylic acids is 1. The topological polar surface area (TPSA) is 41.1 Å². The van der Waals surface area contributed by atoms with Crippen LogP contribution in [0.1, 0.15) is 19.4 Å². The van der Waals surface area contributed by atoms with E-state index in [4.69, 9.17) is 0 Å². The van der Waals surface area contributed by atoms with Gasteiger partial charge in [-0.1, -0.05) is 37.3 Å².